The van der Waals surface area contributed by atoms with Gasteiger partial charge in [-0.25, -0.2) is 9.78 Å². The van der Waals surface area contributed by atoms with E-state index in [9.17, 15) is 9.59 Å². The van der Waals surface area contributed by atoms with E-state index in [-0.39, 0.29) is 18.0 Å². The van der Waals surface area contributed by atoms with E-state index < -0.39 is 5.97 Å². The molecule has 4 rings (SSSR count). The lowest BCUT2D eigenvalue weighted by molar-refractivity contribution is -0.115. The van der Waals surface area contributed by atoms with Crippen LogP contribution in [0.3, 0.4) is 0 Å². The van der Waals surface area contributed by atoms with Gasteiger partial charge in [0.2, 0.25) is 5.91 Å². The molecule has 3 aromatic heterocycles. The smallest absolute Gasteiger partial charge is 0.354 e. The maximum Gasteiger partial charge on any atom is 0.354 e. The van der Waals surface area contributed by atoms with Gasteiger partial charge in [-0.05, 0) is 29.7 Å². The normalized spacial score (nSPS) is 10.9. The number of carboxylic acids is 1. The quantitative estimate of drug-likeness (QED) is 0.526. The molecule has 0 bridgehead atoms. The number of aromatic carboxylic acids is 1. The Bertz CT molecular complexity index is 1150. The van der Waals surface area contributed by atoms with Crippen molar-refractivity contribution < 1.29 is 14.7 Å². The van der Waals surface area contributed by atoms with Crippen LogP contribution in [0.4, 0.5) is 5.69 Å². The van der Waals surface area contributed by atoms with E-state index in [4.69, 9.17) is 5.11 Å². The molecule has 0 atom stereocenters. The zero-order valence-corrected chi connectivity index (χ0v) is 13.6. The Kier molecular flexibility index (Phi) is 3.81. The molecular formula is C19H14N4O3. The number of anilines is 1. The van der Waals surface area contributed by atoms with Crippen LogP contribution in [0, 0.1) is 0 Å². The molecule has 0 saturated heterocycles. The maximum absolute atomic E-state index is 12.5. The second kappa shape index (κ2) is 6.29. The van der Waals surface area contributed by atoms with Crippen LogP contribution in [0.2, 0.25) is 0 Å². The highest BCUT2D eigenvalue weighted by Crippen LogP contribution is 2.24. The van der Waals surface area contributed by atoms with Crippen LogP contribution in [0.1, 0.15) is 16.1 Å². The summed E-state index contributed by atoms with van der Waals surface area (Å²) in [5.74, 6) is -1.28. The number of carbonyl (C=O) groups excluding carboxylic acids is 1. The Labute approximate surface area is 147 Å². The third-order valence-corrected chi connectivity index (χ3v) is 4.12. The van der Waals surface area contributed by atoms with Crippen molar-refractivity contribution in [1.82, 2.24) is 15.0 Å². The molecule has 1 amide bonds. The number of amides is 1. The van der Waals surface area contributed by atoms with Gasteiger partial charge >= 0.3 is 5.97 Å². The summed E-state index contributed by atoms with van der Waals surface area (Å²) in [4.78, 5) is 34.8. The minimum atomic E-state index is -1.09. The number of benzene rings is 1. The number of rotatable bonds is 4. The zero-order valence-electron chi connectivity index (χ0n) is 13.6. The molecule has 1 aromatic carbocycles. The van der Waals surface area contributed by atoms with Crippen LogP contribution < -0.4 is 5.32 Å². The number of hydrogen-bond acceptors (Lipinski definition) is 4. The number of nitrogens with zero attached hydrogens (tertiary/aromatic N) is 2. The van der Waals surface area contributed by atoms with Crippen molar-refractivity contribution in [2.75, 3.05) is 5.32 Å². The molecule has 0 unspecified atom stereocenters. The van der Waals surface area contributed by atoms with Crippen LogP contribution in [-0.2, 0) is 11.2 Å². The summed E-state index contributed by atoms with van der Waals surface area (Å²) in [6.45, 7) is 0. The summed E-state index contributed by atoms with van der Waals surface area (Å²) >= 11 is 0. The number of fused-ring (bicyclic) bond motifs is 2. The average Bonchev–Trinajstić information content (AvgIpc) is 3.04. The van der Waals surface area contributed by atoms with Gasteiger partial charge in [0, 0.05) is 29.5 Å². The first-order chi connectivity index (χ1) is 12.6. The monoisotopic (exact) mass is 346 g/mol. The number of aromatic amines is 1. The first-order valence-electron chi connectivity index (χ1n) is 7.95. The van der Waals surface area contributed by atoms with Crippen LogP contribution in [0.5, 0.6) is 0 Å². The van der Waals surface area contributed by atoms with E-state index in [1.54, 1.807) is 30.6 Å². The summed E-state index contributed by atoms with van der Waals surface area (Å²) in [6, 6.07) is 10.5. The maximum atomic E-state index is 12.5. The van der Waals surface area contributed by atoms with Gasteiger partial charge in [-0.2, -0.15) is 0 Å². The topological polar surface area (TPSA) is 108 Å². The van der Waals surface area contributed by atoms with E-state index in [2.05, 4.69) is 20.3 Å². The van der Waals surface area contributed by atoms with Gasteiger partial charge in [0.25, 0.3) is 0 Å². The van der Waals surface area contributed by atoms with Gasteiger partial charge in [-0.3, -0.25) is 9.78 Å². The Morgan fingerprint density at radius 1 is 1.15 bits per heavy atom. The second-order valence-corrected chi connectivity index (χ2v) is 5.84. The van der Waals surface area contributed by atoms with Crippen molar-refractivity contribution in [3.8, 4) is 0 Å². The summed E-state index contributed by atoms with van der Waals surface area (Å²) < 4.78 is 0. The second-order valence-electron chi connectivity index (χ2n) is 5.84. The number of pyridine rings is 2. The largest absolute Gasteiger partial charge is 0.477 e. The number of nitrogens with one attached hydrogen (secondary N) is 2. The van der Waals surface area contributed by atoms with Gasteiger partial charge in [0.15, 0.2) is 0 Å². The van der Waals surface area contributed by atoms with E-state index in [0.29, 0.717) is 16.5 Å². The van der Waals surface area contributed by atoms with Gasteiger partial charge in [-0.1, -0.05) is 12.1 Å². The molecule has 128 valence electrons. The molecule has 0 aliphatic rings. The third kappa shape index (κ3) is 2.86. The molecule has 7 heteroatoms. The lowest BCUT2D eigenvalue weighted by atomic mass is 10.1. The lowest BCUT2D eigenvalue weighted by Gasteiger charge is -2.09. The predicted octanol–water partition coefficient (Wildman–Crippen LogP) is 2.99. The summed E-state index contributed by atoms with van der Waals surface area (Å²) in [5.41, 5.74) is 3.01. The molecule has 7 nitrogen and oxygen atoms in total. The van der Waals surface area contributed by atoms with E-state index in [1.165, 1.54) is 12.3 Å². The molecule has 0 radical (unpaired) electrons. The van der Waals surface area contributed by atoms with Crippen molar-refractivity contribution in [3.63, 3.8) is 0 Å². The number of aromatic nitrogens is 3. The molecule has 26 heavy (non-hydrogen) atoms. The molecule has 0 saturated carbocycles. The molecule has 0 fully saturated rings. The van der Waals surface area contributed by atoms with Crippen LogP contribution >= 0.6 is 0 Å². The number of H-pyrrole nitrogens is 1. The number of hydrogen-bond donors (Lipinski definition) is 3. The zero-order chi connectivity index (χ0) is 18.1. The Morgan fingerprint density at radius 3 is 2.88 bits per heavy atom. The fourth-order valence-electron chi connectivity index (χ4n) is 2.91. The molecule has 0 spiro atoms. The minimum Gasteiger partial charge on any atom is -0.477 e. The van der Waals surface area contributed by atoms with E-state index in [0.717, 1.165) is 16.6 Å². The summed E-state index contributed by atoms with van der Waals surface area (Å²) in [6.07, 6.45) is 5.10. The average molecular weight is 346 g/mol. The highest BCUT2D eigenvalue weighted by molar-refractivity contribution is 6.04. The van der Waals surface area contributed by atoms with E-state index >= 15 is 0 Å². The van der Waals surface area contributed by atoms with E-state index in [1.807, 2.05) is 12.1 Å². The molecule has 3 heterocycles. The van der Waals surface area contributed by atoms with Crippen molar-refractivity contribution in [1.29, 1.82) is 0 Å². The van der Waals surface area contributed by atoms with Crippen LogP contribution in [-0.4, -0.2) is 31.9 Å². The van der Waals surface area contributed by atoms with Crippen molar-refractivity contribution >= 4 is 39.4 Å². The Morgan fingerprint density at radius 2 is 2.04 bits per heavy atom. The first-order valence-corrected chi connectivity index (χ1v) is 7.95. The summed E-state index contributed by atoms with van der Waals surface area (Å²) in [7, 11) is 0. The highest BCUT2D eigenvalue weighted by atomic mass is 16.4. The van der Waals surface area contributed by atoms with Gasteiger partial charge in [-0.15, -0.1) is 0 Å². The molecular weight excluding hydrogens is 332 g/mol. The van der Waals surface area contributed by atoms with Crippen molar-refractivity contribution in [2.24, 2.45) is 0 Å². The fraction of sp³-hybridized carbons (Fsp3) is 0.0526. The van der Waals surface area contributed by atoms with Crippen LogP contribution in [0.15, 0.2) is 55.0 Å². The van der Waals surface area contributed by atoms with Crippen molar-refractivity contribution in [2.45, 2.75) is 6.42 Å². The molecule has 0 aliphatic carbocycles. The lowest BCUT2D eigenvalue weighted by Crippen LogP contribution is -2.14. The SMILES string of the molecule is O=C(Cc1c[nH]c2cccnc12)Nc1cccc2cc(C(=O)O)ncc12. The predicted molar refractivity (Wildman–Crippen MR) is 97.1 cm³/mol. The van der Waals surface area contributed by atoms with Crippen molar-refractivity contribution in [3.05, 3.63) is 66.2 Å². The van der Waals surface area contributed by atoms with Gasteiger partial charge in [0.1, 0.15) is 5.69 Å². The molecule has 0 aliphatic heterocycles. The fourth-order valence-corrected chi connectivity index (χ4v) is 2.91. The van der Waals surface area contributed by atoms with Gasteiger partial charge in [0.05, 0.1) is 23.1 Å². The molecule has 4 aromatic rings. The number of carboxylic acid groups (broad SMARTS) is 1. The highest BCUT2D eigenvalue weighted by Gasteiger charge is 2.12. The van der Waals surface area contributed by atoms with Crippen LogP contribution in [0.25, 0.3) is 21.8 Å². The molecule has 3 N–H and O–H groups in total. The standard InChI is InChI=1S/C19H14N4O3/c24-17(8-12-9-21-15-5-2-6-20-18(12)15)23-14-4-1-3-11-7-16(19(25)26)22-10-13(11)14/h1-7,9-10,21H,8H2,(H,23,24)(H,25,26). The van der Waals surface area contributed by atoms with Gasteiger partial charge < -0.3 is 15.4 Å². The Balaban J connectivity index is 1.60. The Hall–Kier alpha value is -3.74. The first kappa shape index (κ1) is 15.8. The minimum absolute atomic E-state index is 0.0363. The number of carbonyl (C=O) groups is 2. The third-order valence-electron chi connectivity index (χ3n) is 4.12. The summed E-state index contributed by atoms with van der Waals surface area (Å²) in [5, 5.41) is 13.3.